The first-order chi connectivity index (χ1) is 11.0. The number of nitrogens with zero attached hydrogens (tertiary/aromatic N) is 2. The van der Waals surface area contributed by atoms with E-state index in [9.17, 15) is 14.4 Å². The van der Waals surface area contributed by atoms with Crippen molar-refractivity contribution in [1.82, 2.24) is 9.80 Å². The van der Waals surface area contributed by atoms with Gasteiger partial charge in [-0.2, -0.15) is 0 Å². The number of imide groups is 1. The molecule has 1 aromatic carbocycles. The molecule has 5 nitrogen and oxygen atoms in total. The summed E-state index contributed by atoms with van der Waals surface area (Å²) in [7, 11) is 0. The molecule has 2 atom stereocenters. The van der Waals surface area contributed by atoms with Gasteiger partial charge in [-0.1, -0.05) is 15.9 Å². The van der Waals surface area contributed by atoms with Crippen molar-refractivity contribution in [2.24, 2.45) is 11.8 Å². The smallest absolute Gasteiger partial charge is 0.261 e. The number of benzene rings is 1. The minimum atomic E-state index is -0.263. The third kappa shape index (κ3) is 2.59. The molecular formula is C17H17BrN2O3. The largest absolute Gasteiger partial charge is 0.342 e. The van der Waals surface area contributed by atoms with Crippen LogP contribution in [0.1, 0.15) is 40.0 Å². The van der Waals surface area contributed by atoms with Gasteiger partial charge in [0.2, 0.25) is 5.91 Å². The van der Waals surface area contributed by atoms with E-state index in [1.807, 2.05) is 4.90 Å². The Morgan fingerprint density at radius 1 is 1.13 bits per heavy atom. The summed E-state index contributed by atoms with van der Waals surface area (Å²) >= 11 is 3.32. The number of carbonyl (C=O) groups is 3. The van der Waals surface area contributed by atoms with Crippen molar-refractivity contribution in [3.63, 3.8) is 0 Å². The highest BCUT2D eigenvalue weighted by atomic mass is 79.9. The van der Waals surface area contributed by atoms with E-state index in [4.69, 9.17) is 0 Å². The molecule has 23 heavy (non-hydrogen) atoms. The third-order valence-corrected chi connectivity index (χ3v) is 5.53. The molecule has 120 valence electrons. The van der Waals surface area contributed by atoms with E-state index in [-0.39, 0.29) is 17.7 Å². The lowest BCUT2D eigenvalue weighted by atomic mass is 10.1. The first kappa shape index (κ1) is 14.9. The van der Waals surface area contributed by atoms with Crippen LogP contribution in [-0.2, 0) is 4.79 Å². The molecule has 2 aliphatic heterocycles. The molecule has 3 amide bonds. The van der Waals surface area contributed by atoms with Crippen LogP contribution in [0.4, 0.5) is 0 Å². The zero-order valence-electron chi connectivity index (χ0n) is 12.6. The van der Waals surface area contributed by atoms with Gasteiger partial charge in [-0.3, -0.25) is 19.3 Å². The average Bonchev–Trinajstić information content (AvgIpc) is 3.07. The summed E-state index contributed by atoms with van der Waals surface area (Å²) in [6.07, 6.45) is 2.20. The number of hydrogen-bond acceptors (Lipinski definition) is 3. The zero-order chi connectivity index (χ0) is 16.1. The molecule has 2 fully saturated rings. The molecular weight excluding hydrogens is 360 g/mol. The van der Waals surface area contributed by atoms with E-state index >= 15 is 0 Å². The Morgan fingerprint density at radius 2 is 1.83 bits per heavy atom. The van der Waals surface area contributed by atoms with Gasteiger partial charge in [0.15, 0.2) is 0 Å². The Balaban J connectivity index is 1.34. The molecule has 2 unspecified atom stereocenters. The van der Waals surface area contributed by atoms with Gasteiger partial charge in [0, 0.05) is 30.5 Å². The summed E-state index contributed by atoms with van der Waals surface area (Å²) in [6.45, 7) is 2.09. The van der Waals surface area contributed by atoms with Crippen LogP contribution in [0.15, 0.2) is 22.7 Å². The summed E-state index contributed by atoms with van der Waals surface area (Å²) in [4.78, 5) is 39.9. The Morgan fingerprint density at radius 3 is 2.57 bits per heavy atom. The van der Waals surface area contributed by atoms with Crippen molar-refractivity contribution in [2.75, 3.05) is 19.6 Å². The molecule has 0 aromatic heterocycles. The average molecular weight is 377 g/mol. The fraction of sp³-hybridized carbons (Fsp3) is 0.471. The summed E-state index contributed by atoms with van der Waals surface area (Å²) in [5.74, 6) is 1.09. The van der Waals surface area contributed by atoms with Crippen molar-refractivity contribution in [1.29, 1.82) is 0 Å². The number of halogens is 1. The third-order valence-electron chi connectivity index (χ3n) is 5.04. The monoisotopic (exact) mass is 376 g/mol. The Bertz CT molecular complexity index is 708. The molecule has 1 saturated heterocycles. The topological polar surface area (TPSA) is 57.7 Å². The van der Waals surface area contributed by atoms with E-state index < -0.39 is 0 Å². The number of fused-ring (bicyclic) bond motifs is 2. The molecule has 3 aliphatic rings. The Labute approximate surface area is 142 Å². The number of piperidine rings is 1. The van der Waals surface area contributed by atoms with Gasteiger partial charge < -0.3 is 4.90 Å². The quantitative estimate of drug-likeness (QED) is 0.757. The second-order valence-electron chi connectivity index (χ2n) is 6.61. The molecule has 6 heteroatoms. The molecule has 0 N–H and O–H groups in total. The summed E-state index contributed by atoms with van der Waals surface area (Å²) in [5.41, 5.74) is 0.888. The van der Waals surface area contributed by atoms with Crippen molar-refractivity contribution in [3.8, 4) is 0 Å². The van der Waals surface area contributed by atoms with Crippen LogP contribution in [-0.4, -0.2) is 47.2 Å². The number of carbonyl (C=O) groups excluding carboxylic acids is 3. The van der Waals surface area contributed by atoms with Crippen LogP contribution >= 0.6 is 15.9 Å². The van der Waals surface area contributed by atoms with Crippen LogP contribution in [0.3, 0.4) is 0 Å². The van der Waals surface area contributed by atoms with Gasteiger partial charge in [-0.05, 0) is 42.9 Å². The van der Waals surface area contributed by atoms with Gasteiger partial charge >= 0.3 is 0 Å². The van der Waals surface area contributed by atoms with Crippen LogP contribution in [0, 0.1) is 11.8 Å². The fourth-order valence-corrected chi connectivity index (χ4v) is 3.98. The van der Waals surface area contributed by atoms with Gasteiger partial charge in [0.05, 0.1) is 11.1 Å². The second kappa shape index (κ2) is 5.44. The van der Waals surface area contributed by atoms with Crippen LogP contribution in [0.2, 0.25) is 0 Å². The highest BCUT2D eigenvalue weighted by Crippen LogP contribution is 2.45. The fourth-order valence-electron chi connectivity index (χ4n) is 3.61. The van der Waals surface area contributed by atoms with Crippen molar-refractivity contribution in [3.05, 3.63) is 33.8 Å². The molecule has 0 bridgehead atoms. The number of hydrogen-bond donors (Lipinski definition) is 0. The van der Waals surface area contributed by atoms with Crippen molar-refractivity contribution >= 4 is 33.7 Å². The molecule has 2 heterocycles. The maximum atomic E-state index is 12.3. The predicted octanol–water partition coefficient (Wildman–Crippen LogP) is 2.30. The molecule has 0 spiro atoms. The van der Waals surface area contributed by atoms with Gasteiger partial charge in [0.25, 0.3) is 11.8 Å². The second-order valence-corrected chi connectivity index (χ2v) is 7.53. The standard InChI is InChI=1S/C17H17BrN2O3/c18-12-3-4-13-14(7-12)17(23)20(16(13)22)5-1-2-15(21)19-8-10-6-11(10)9-19/h3-4,7,10-11H,1-2,5-6,8-9H2. The summed E-state index contributed by atoms with van der Waals surface area (Å²) < 4.78 is 0.780. The van der Waals surface area contributed by atoms with Crippen LogP contribution < -0.4 is 0 Å². The molecule has 4 rings (SSSR count). The number of rotatable bonds is 4. The highest BCUT2D eigenvalue weighted by Gasteiger charge is 2.46. The number of likely N-dealkylation sites (tertiary alicyclic amines) is 1. The maximum absolute atomic E-state index is 12.3. The van der Waals surface area contributed by atoms with E-state index in [0.29, 0.717) is 30.5 Å². The van der Waals surface area contributed by atoms with Gasteiger partial charge in [-0.15, -0.1) is 0 Å². The predicted molar refractivity (Wildman–Crippen MR) is 86.9 cm³/mol. The normalized spacial score (nSPS) is 24.9. The van der Waals surface area contributed by atoms with E-state index in [0.717, 1.165) is 29.4 Å². The van der Waals surface area contributed by atoms with Crippen LogP contribution in [0.25, 0.3) is 0 Å². The molecule has 0 radical (unpaired) electrons. The summed E-state index contributed by atoms with van der Waals surface area (Å²) in [5, 5.41) is 0. The van der Waals surface area contributed by atoms with Gasteiger partial charge in [0.1, 0.15) is 0 Å². The first-order valence-electron chi connectivity index (χ1n) is 7.98. The zero-order valence-corrected chi connectivity index (χ0v) is 14.2. The maximum Gasteiger partial charge on any atom is 0.261 e. The van der Waals surface area contributed by atoms with Gasteiger partial charge in [-0.25, -0.2) is 0 Å². The van der Waals surface area contributed by atoms with E-state index in [2.05, 4.69) is 15.9 Å². The van der Waals surface area contributed by atoms with Crippen LogP contribution in [0.5, 0.6) is 0 Å². The number of amides is 3. The lowest BCUT2D eigenvalue weighted by Gasteiger charge is -2.19. The van der Waals surface area contributed by atoms with Crippen molar-refractivity contribution < 1.29 is 14.4 Å². The molecule has 1 aromatic rings. The lowest BCUT2D eigenvalue weighted by Crippen LogP contribution is -2.33. The summed E-state index contributed by atoms with van der Waals surface area (Å²) in [6, 6.07) is 5.11. The Kier molecular flexibility index (Phi) is 3.52. The molecule has 1 saturated carbocycles. The molecule has 1 aliphatic carbocycles. The van der Waals surface area contributed by atoms with Crippen molar-refractivity contribution in [2.45, 2.75) is 19.3 Å². The minimum absolute atomic E-state index is 0.150. The Hall–Kier alpha value is -1.69. The first-order valence-corrected chi connectivity index (χ1v) is 8.77. The SMILES string of the molecule is O=C(CCCN1C(=O)c2ccc(Br)cc2C1=O)N1CC2CC2C1. The van der Waals surface area contributed by atoms with E-state index in [1.165, 1.54) is 11.3 Å². The lowest BCUT2D eigenvalue weighted by molar-refractivity contribution is -0.130. The van der Waals surface area contributed by atoms with E-state index in [1.54, 1.807) is 18.2 Å². The highest BCUT2D eigenvalue weighted by molar-refractivity contribution is 9.10. The minimum Gasteiger partial charge on any atom is -0.342 e.